The Hall–Kier alpha value is -2.15. The van der Waals surface area contributed by atoms with Gasteiger partial charge in [-0.25, -0.2) is 0 Å². The van der Waals surface area contributed by atoms with E-state index in [2.05, 4.69) is 6.58 Å². The average Bonchev–Trinajstić information content (AvgIpc) is 2.84. The predicted molar refractivity (Wildman–Crippen MR) is 98.4 cm³/mol. The van der Waals surface area contributed by atoms with E-state index in [9.17, 15) is 14.4 Å². The second kappa shape index (κ2) is 8.25. The summed E-state index contributed by atoms with van der Waals surface area (Å²) < 4.78 is 10.5. The third kappa shape index (κ3) is 3.40. The molecule has 7 nitrogen and oxygen atoms in total. The SMILES string of the molecule is C=CCN1C(=O)[C@@H](CC(=O)N2CCOCC2)[C@]2(C(=O)OC)CCCCC=C12. The number of nitrogens with zero attached hydrogens (tertiary/aromatic N) is 2. The van der Waals surface area contributed by atoms with Gasteiger partial charge in [-0.3, -0.25) is 14.4 Å². The van der Waals surface area contributed by atoms with Gasteiger partial charge >= 0.3 is 5.97 Å². The molecule has 7 heteroatoms. The van der Waals surface area contributed by atoms with E-state index in [1.54, 1.807) is 15.9 Å². The lowest BCUT2D eigenvalue weighted by Gasteiger charge is -2.33. The summed E-state index contributed by atoms with van der Waals surface area (Å²) in [6.45, 7) is 6.10. The van der Waals surface area contributed by atoms with Crippen LogP contribution >= 0.6 is 0 Å². The minimum Gasteiger partial charge on any atom is -0.468 e. The quantitative estimate of drug-likeness (QED) is 0.537. The highest BCUT2D eigenvalue weighted by Gasteiger charge is 2.61. The van der Waals surface area contributed by atoms with Crippen molar-refractivity contribution in [2.24, 2.45) is 11.3 Å². The van der Waals surface area contributed by atoms with Crippen LogP contribution in [0.2, 0.25) is 0 Å². The van der Waals surface area contributed by atoms with Crippen molar-refractivity contribution in [1.82, 2.24) is 9.80 Å². The molecule has 27 heavy (non-hydrogen) atoms. The number of ether oxygens (including phenoxy) is 2. The van der Waals surface area contributed by atoms with E-state index in [0.29, 0.717) is 45.0 Å². The van der Waals surface area contributed by atoms with Crippen LogP contribution in [0.3, 0.4) is 0 Å². The maximum absolute atomic E-state index is 13.3. The van der Waals surface area contributed by atoms with Crippen molar-refractivity contribution in [3.05, 3.63) is 24.4 Å². The number of rotatable bonds is 5. The fraction of sp³-hybridized carbons (Fsp3) is 0.650. The topological polar surface area (TPSA) is 76.2 Å². The van der Waals surface area contributed by atoms with Gasteiger partial charge in [-0.15, -0.1) is 6.58 Å². The Kier molecular flexibility index (Phi) is 5.99. The molecule has 0 spiro atoms. The van der Waals surface area contributed by atoms with Crippen molar-refractivity contribution >= 4 is 17.8 Å². The molecule has 0 radical (unpaired) electrons. The minimum atomic E-state index is -1.08. The number of morpholine rings is 1. The molecule has 2 saturated heterocycles. The lowest BCUT2D eigenvalue weighted by Crippen LogP contribution is -2.45. The Labute approximate surface area is 160 Å². The van der Waals surface area contributed by atoms with E-state index in [4.69, 9.17) is 9.47 Å². The van der Waals surface area contributed by atoms with Crippen molar-refractivity contribution < 1.29 is 23.9 Å². The molecule has 0 N–H and O–H groups in total. The lowest BCUT2D eigenvalue weighted by molar-refractivity contribution is -0.156. The van der Waals surface area contributed by atoms with Crippen LogP contribution in [0.25, 0.3) is 0 Å². The molecule has 3 rings (SSSR count). The molecule has 0 bridgehead atoms. The Morgan fingerprint density at radius 3 is 2.78 bits per heavy atom. The maximum Gasteiger partial charge on any atom is 0.318 e. The van der Waals surface area contributed by atoms with Gasteiger partial charge in [0, 0.05) is 31.8 Å². The van der Waals surface area contributed by atoms with Gasteiger partial charge in [0.2, 0.25) is 11.8 Å². The number of fused-ring (bicyclic) bond motifs is 1. The summed E-state index contributed by atoms with van der Waals surface area (Å²) in [6.07, 6.45) is 6.72. The van der Waals surface area contributed by atoms with E-state index in [1.807, 2.05) is 6.08 Å². The fourth-order valence-corrected chi connectivity index (χ4v) is 4.54. The zero-order valence-corrected chi connectivity index (χ0v) is 15.9. The van der Waals surface area contributed by atoms with Crippen LogP contribution < -0.4 is 0 Å². The highest BCUT2D eigenvalue weighted by atomic mass is 16.5. The molecule has 0 unspecified atom stereocenters. The lowest BCUT2D eigenvalue weighted by atomic mass is 9.71. The molecule has 2 heterocycles. The summed E-state index contributed by atoms with van der Waals surface area (Å²) in [7, 11) is 1.35. The predicted octanol–water partition coefficient (Wildman–Crippen LogP) is 1.50. The van der Waals surface area contributed by atoms with E-state index in [0.717, 1.165) is 19.3 Å². The van der Waals surface area contributed by atoms with Crippen LogP contribution in [0, 0.1) is 11.3 Å². The zero-order valence-electron chi connectivity index (χ0n) is 15.9. The van der Waals surface area contributed by atoms with Crippen LogP contribution in [0.4, 0.5) is 0 Å². The molecule has 0 aromatic carbocycles. The standard InChI is InChI=1S/C20H28N2O5/c1-3-9-22-16-7-5-4-6-8-20(16,19(25)26-2)15(18(22)24)14-17(23)21-10-12-27-13-11-21/h3,7,15H,1,4-6,8-14H2,2H3/t15-,20-/m1/s1. The molecule has 0 aromatic heterocycles. The van der Waals surface area contributed by atoms with Crippen molar-refractivity contribution in [3.8, 4) is 0 Å². The highest BCUT2D eigenvalue weighted by Crippen LogP contribution is 2.53. The first-order valence-corrected chi connectivity index (χ1v) is 9.63. The average molecular weight is 376 g/mol. The molecule has 2 amide bonds. The number of hydrogen-bond donors (Lipinski definition) is 0. The monoisotopic (exact) mass is 376 g/mol. The number of methoxy groups -OCH3 is 1. The number of carbonyl (C=O) groups is 3. The smallest absolute Gasteiger partial charge is 0.318 e. The van der Waals surface area contributed by atoms with Crippen LogP contribution in [-0.4, -0.2) is 67.5 Å². The third-order valence-electron chi connectivity index (χ3n) is 5.87. The van der Waals surface area contributed by atoms with Gasteiger partial charge in [-0.2, -0.15) is 0 Å². The second-order valence-corrected chi connectivity index (χ2v) is 7.29. The number of likely N-dealkylation sites (tertiary alicyclic amines) is 1. The van der Waals surface area contributed by atoms with Gasteiger partial charge in [-0.1, -0.05) is 18.6 Å². The number of allylic oxidation sites excluding steroid dienone is 1. The Morgan fingerprint density at radius 1 is 1.37 bits per heavy atom. The van der Waals surface area contributed by atoms with E-state index in [-0.39, 0.29) is 18.2 Å². The molecule has 2 aliphatic heterocycles. The summed E-state index contributed by atoms with van der Waals surface area (Å²) in [5.74, 6) is -1.45. The summed E-state index contributed by atoms with van der Waals surface area (Å²) in [5.41, 5.74) is -0.385. The molecule has 0 saturated carbocycles. The number of amides is 2. The first kappa shape index (κ1) is 19.6. The molecule has 0 aromatic rings. The van der Waals surface area contributed by atoms with Crippen LogP contribution in [0.5, 0.6) is 0 Å². The van der Waals surface area contributed by atoms with Crippen LogP contribution in [-0.2, 0) is 23.9 Å². The van der Waals surface area contributed by atoms with Crippen LogP contribution in [0.15, 0.2) is 24.4 Å². The molecule has 1 aliphatic carbocycles. The zero-order chi connectivity index (χ0) is 19.4. The normalized spacial score (nSPS) is 28.3. The largest absolute Gasteiger partial charge is 0.468 e. The molecule has 2 atom stereocenters. The van der Waals surface area contributed by atoms with Crippen molar-refractivity contribution in [1.29, 1.82) is 0 Å². The second-order valence-electron chi connectivity index (χ2n) is 7.29. The first-order valence-electron chi connectivity index (χ1n) is 9.63. The fourth-order valence-electron chi connectivity index (χ4n) is 4.54. The third-order valence-corrected chi connectivity index (χ3v) is 5.87. The molecular formula is C20H28N2O5. The van der Waals surface area contributed by atoms with E-state index in [1.165, 1.54) is 7.11 Å². The molecule has 148 valence electrons. The van der Waals surface area contributed by atoms with Crippen molar-refractivity contribution in [3.63, 3.8) is 0 Å². The first-order chi connectivity index (χ1) is 13.1. The summed E-state index contributed by atoms with van der Waals surface area (Å²) in [6, 6.07) is 0. The van der Waals surface area contributed by atoms with Gasteiger partial charge < -0.3 is 19.3 Å². The van der Waals surface area contributed by atoms with Gasteiger partial charge in [0.1, 0.15) is 5.41 Å². The maximum atomic E-state index is 13.3. The van der Waals surface area contributed by atoms with Crippen molar-refractivity contribution in [2.45, 2.75) is 32.1 Å². The van der Waals surface area contributed by atoms with Gasteiger partial charge in [0.05, 0.1) is 26.2 Å². The Balaban J connectivity index is 1.97. The Bertz CT molecular complexity index is 653. The number of hydrogen-bond acceptors (Lipinski definition) is 5. The minimum absolute atomic E-state index is 0.0128. The van der Waals surface area contributed by atoms with Gasteiger partial charge in [0.25, 0.3) is 0 Å². The highest BCUT2D eigenvalue weighted by molar-refractivity contribution is 5.99. The van der Waals surface area contributed by atoms with Gasteiger partial charge in [0.15, 0.2) is 0 Å². The van der Waals surface area contributed by atoms with Gasteiger partial charge in [-0.05, 0) is 19.3 Å². The summed E-state index contributed by atoms with van der Waals surface area (Å²) in [4.78, 5) is 42.4. The van der Waals surface area contributed by atoms with Crippen molar-refractivity contribution in [2.75, 3.05) is 40.0 Å². The van der Waals surface area contributed by atoms with E-state index >= 15 is 0 Å². The number of carbonyl (C=O) groups excluding carboxylic acids is 3. The van der Waals surface area contributed by atoms with E-state index < -0.39 is 17.3 Å². The Morgan fingerprint density at radius 2 is 2.11 bits per heavy atom. The van der Waals surface area contributed by atoms with Crippen LogP contribution in [0.1, 0.15) is 32.1 Å². The summed E-state index contributed by atoms with van der Waals surface area (Å²) in [5, 5.41) is 0. The summed E-state index contributed by atoms with van der Waals surface area (Å²) >= 11 is 0. The number of esters is 1. The molecule has 3 aliphatic rings. The molecule has 2 fully saturated rings. The molecular weight excluding hydrogens is 348 g/mol.